The van der Waals surface area contributed by atoms with Gasteiger partial charge in [0, 0.05) is 25.1 Å². The molecule has 5 heteroatoms. The molecule has 0 spiro atoms. The molecule has 128 valence electrons. The number of halogens is 1. The average Bonchev–Trinajstić information content (AvgIpc) is 2.64. The number of carbonyl (C=O) groups is 1. The molecule has 0 saturated heterocycles. The number of hydrogen-bond donors (Lipinski definition) is 1. The lowest BCUT2D eigenvalue weighted by molar-refractivity contribution is -0.131. The molecule has 0 unspecified atom stereocenters. The molecular weight excluding hydrogens is 457 g/mol. The minimum atomic E-state index is -0.943. The highest BCUT2D eigenvalue weighted by molar-refractivity contribution is 14.1. The van der Waals surface area contributed by atoms with Crippen molar-refractivity contribution in [1.82, 2.24) is 0 Å². The van der Waals surface area contributed by atoms with Crippen molar-refractivity contribution in [1.29, 1.82) is 0 Å². The zero-order chi connectivity index (χ0) is 18.1. The van der Waals surface area contributed by atoms with Crippen molar-refractivity contribution in [2.45, 2.75) is 9.79 Å². The maximum Gasteiger partial charge on any atom is 0.328 e. The monoisotopic (exact) mass is 471 g/mol. The van der Waals surface area contributed by atoms with E-state index < -0.39 is 5.97 Å². The van der Waals surface area contributed by atoms with Crippen molar-refractivity contribution in [2.75, 3.05) is 4.90 Å². The van der Waals surface area contributed by atoms with E-state index in [0.29, 0.717) is 0 Å². The van der Waals surface area contributed by atoms with Crippen molar-refractivity contribution in [3.8, 4) is 0 Å². The van der Waals surface area contributed by atoms with Gasteiger partial charge in [0.15, 0.2) is 0 Å². The number of rotatable bonds is 3. The molecule has 1 heterocycles. The third kappa shape index (κ3) is 3.37. The van der Waals surface area contributed by atoms with E-state index >= 15 is 0 Å². The van der Waals surface area contributed by atoms with Gasteiger partial charge >= 0.3 is 5.97 Å². The molecule has 3 aromatic rings. The highest BCUT2D eigenvalue weighted by Crippen LogP contribution is 2.51. The Hall–Kier alpha value is -2.25. The lowest BCUT2D eigenvalue weighted by Crippen LogP contribution is -2.14. The van der Waals surface area contributed by atoms with Gasteiger partial charge in [-0.1, -0.05) is 36.0 Å². The number of anilines is 3. The molecule has 0 saturated carbocycles. The van der Waals surface area contributed by atoms with Gasteiger partial charge in [0.05, 0.1) is 11.4 Å². The van der Waals surface area contributed by atoms with Crippen LogP contribution < -0.4 is 4.90 Å². The van der Waals surface area contributed by atoms with E-state index in [4.69, 9.17) is 5.11 Å². The van der Waals surface area contributed by atoms with Gasteiger partial charge in [-0.2, -0.15) is 0 Å². The zero-order valence-corrected chi connectivity index (χ0v) is 16.6. The molecule has 0 fully saturated rings. The second-order valence-electron chi connectivity index (χ2n) is 5.78. The quantitative estimate of drug-likeness (QED) is 0.280. The molecular formula is C21H14INO2S. The molecule has 1 aliphatic heterocycles. The van der Waals surface area contributed by atoms with Gasteiger partial charge in [0.2, 0.25) is 0 Å². The SMILES string of the molecule is O=C(O)/C=C/c1ccc2c(c1)Sc1cc(I)ccc1N2c1ccccc1. The first-order valence-electron chi connectivity index (χ1n) is 7.99. The summed E-state index contributed by atoms with van der Waals surface area (Å²) in [6.45, 7) is 0. The van der Waals surface area contributed by atoms with E-state index in [0.717, 1.165) is 27.5 Å². The smallest absolute Gasteiger partial charge is 0.328 e. The van der Waals surface area contributed by atoms with Crippen molar-refractivity contribution >= 4 is 63.5 Å². The minimum absolute atomic E-state index is 0.876. The van der Waals surface area contributed by atoms with Crippen LogP contribution >= 0.6 is 34.4 Å². The van der Waals surface area contributed by atoms with Gasteiger partial charge in [-0.25, -0.2) is 4.79 Å². The summed E-state index contributed by atoms with van der Waals surface area (Å²) in [5.74, 6) is -0.943. The van der Waals surface area contributed by atoms with Crippen LogP contribution in [0.4, 0.5) is 17.1 Å². The molecule has 4 rings (SSSR count). The normalized spacial score (nSPS) is 12.7. The van der Waals surface area contributed by atoms with Crippen molar-refractivity contribution < 1.29 is 9.90 Å². The standard InChI is InChI=1S/C21H14INO2S/c22-15-8-10-18-20(13-15)26-19-12-14(7-11-21(24)25)6-9-17(19)23(18)16-4-2-1-3-5-16/h1-13H,(H,24,25)/b11-7+. The number of carboxylic acid groups (broad SMARTS) is 1. The Bertz CT molecular complexity index is 1020. The summed E-state index contributed by atoms with van der Waals surface area (Å²) in [5, 5.41) is 8.86. The third-order valence-electron chi connectivity index (χ3n) is 4.04. The van der Waals surface area contributed by atoms with E-state index in [1.54, 1.807) is 17.8 Å². The van der Waals surface area contributed by atoms with Gasteiger partial charge in [0.25, 0.3) is 0 Å². The highest BCUT2D eigenvalue weighted by Gasteiger charge is 2.24. The summed E-state index contributed by atoms with van der Waals surface area (Å²) in [7, 11) is 0. The molecule has 26 heavy (non-hydrogen) atoms. The van der Waals surface area contributed by atoms with E-state index in [-0.39, 0.29) is 0 Å². The van der Waals surface area contributed by atoms with Crippen LogP contribution in [0.25, 0.3) is 6.08 Å². The first kappa shape index (κ1) is 17.2. The van der Waals surface area contributed by atoms with Crippen LogP contribution in [0.1, 0.15) is 5.56 Å². The van der Waals surface area contributed by atoms with Crippen LogP contribution in [0, 0.1) is 3.57 Å². The van der Waals surface area contributed by atoms with Crippen LogP contribution in [-0.2, 0) is 4.79 Å². The molecule has 3 nitrogen and oxygen atoms in total. The molecule has 3 aromatic carbocycles. The molecule has 1 N–H and O–H groups in total. The first-order valence-corrected chi connectivity index (χ1v) is 9.89. The van der Waals surface area contributed by atoms with Crippen molar-refractivity contribution in [3.63, 3.8) is 0 Å². The van der Waals surface area contributed by atoms with Crippen LogP contribution in [0.15, 0.2) is 82.6 Å². The Morgan fingerprint density at radius 1 is 0.962 bits per heavy atom. The van der Waals surface area contributed by atoms with Crippen molar-refractivity contribution in [3.05, 3.63) is 81.9 Å². The van der Waals surface area contributed by atoms with Crippen LogP contribution in [0.2, 0.25) is 0 Å². The predicted octanol–water partition coefficient (Wildman–Crippen LogP) is 6.32. The van der Waals surface area contributed by atoms with Crippen LogP contribution in [-0.4, -0.2) is 11.1 Å². The van der Waals surface area contributed by atoms with E-state index in [2.05, 4.69) is 63.9 Å². The molecule has 0 aliphatic carbocycles. The Morgan fingerprint density at radius 3 is 2.38 bits per heavy atom. The van der Waals surface area contributed by atoms with Crippen LogP contribution in [0.3, 0.4) is 0 Å². The number of benzene rings is 3. The Morgan fingerprint density at radius 2 is 1.65 bits per heavy atom. The number of nitrogens with zero attached hydrogens (tertiary/aromatic N) is 1. The molecule has 0 bridgehead atoms. The predicted molar refractivity (Wildman–Crippen MR) is 115 cm³/mol. The number of aliphatic carboxylic acids is 1. The van der Waals surface area contributed by atoms with E-state index in [1.807, 2.05) is 30.3 Å². The zero-order valence-electron chi connectivity index (χ0n) is 13.6. The third-order valence-corrected chi connectivity index (χ3v) is 5.80. The van der Waals surface area contributed by atoms with Gasteiger partial charge < -0.3 is 10.0 Å². The molecule has 0 radical (unpaired) electrons. The first-order chi connectivity index (χ1) is 12.6. The highest BCUT2D eigenvalue weighted by atomic mass is 127. The van der Waals surface area contributed by atoms with E-state index in [1.165, 1.54) is 14.5 Å². The minimum Gasteiger partial charge on any atom is -0.478 e. The average molecular weight is 471 g/mol. The fourth-order valence-corrected chi connectivity index (χ4v) is 4.77. The molecule has 0 atom stereocenters. The van der Waals surface area contributed by atoms with Gasteiger partial charge in [-0.05, 0) is 76.7 Å². The molecule has 0 aromatic heterocycles. The summed E-state index contributed by atoms with van der Waals surface area (Å²) >= 11 is 4.04. The maximum atomic E-state index is 10.8. The number of fused-ring (bicyclic) bond motifs is 2. The molecule has 0 amide bonds. The molecule has 1 aliphatic rings. The lowest BCUT2D eigenvalue weighted by Gasteiger charge is -2.33. The summed E-state index contributed by atoms with van der Waals surface area (Å²) in [6.07, 6.45) is 2.79. The largest absolute Gasteiger partial charge is 0.478 e. The summed E-state index contributed by atoms with van der Waals surface area (Å²) in [4.78, 5) is 15.3. The topological polar surface area (TPSA) is 40.5 Å². The van der Waals surface area contributed by atoms with Gasteiger partial charge in [0.1, 0.15) is 0 Å². The summed E-state index contributed by atoms with van der Waals surface area (Å²) in [5.41, 5.74) is 4.23. The Kier molecular flexibility index (Phi) is 4.74. The number of carboxylic acids is 1. The summed E-state index contributed by atoms with van der Waals surface area (Å²) in [6, 6.07) is 22.8. The van der Waals surface area contributed by atoms with E-state index in [9.17, 15) is 4.79 Å². The second kappa shape index (κ2) is 7.17. The fourth-order valence-electron chi connectivity index (χ4n) is 2.93. The second-order valence-corrected chi connectivity index (χ2v) is 8.11. The summed E-state index contributed by atoms with van der Waals surface area (Å²) < 4.78 is 1.19. The lowest BCUT2D eigenvalue weighted by atomic mass is 10.1. The van der Waals surface area contributed by atoms with Gasteiger partial charge in [-0.3, -0.25) is 0 Å². The number of hydrogen-bond acceptors (Lipinski definition) is 3. The van der Waals surface area contributed by atoms with Crippen molar-refractivity contribution in [2.24, 2.45) is 0 Å². The van der Waals surface area contributed by atoms with Gasteiger partial charge in [-0.15, -0.1) is 0 Å². The Balaban J connectivity index is 1.86. The fraction of sp³-hybridized carbons (Fsp3) is 0. The van der Waals surface area contributed by atoms with Crippen LogP contribution in [0.5, 0.6) is 0 Å². The maximum absolute atomic E-state index is 10.8. The number of para-hydroxylation sites is 1. The Labute approximate surface area is 169 Å².